The third-order valence-electron chi connectivity index (χ3n) is 5.81. The number of rotatable bonds is 12. The number of ether oxygens (including phenoxy) is 1. The maximum atomic E-state index is 11.4. The molecular weight excluding hydrogens is 386 g/mol. The Morgan fingerprint density at radius 3 is 2.61 bits per heavy atom. The molecule has 1 N–H and O–H groups in total. The van der Waals surface area contributed by atoms with Crippen LogP contribution in [0.25, 0.3) is 11.0 Å². The van der Waals surface area contributed by atoms with Crippen molar-refractivity contribution in [3.8, 4) is 5.75 Å². The quantitative estimate of drug-likeness (QED) is 0.394. The van der Waals surface area contributed by atoms with Crippen molar-refractivity contribution in [2.24, 2.45) is 0 Å². The SMILES string of the molecule is CCC(=O)NCCCc1nc2ccccc2n1CCCOc1ccc(C(C)CC)cc1. The number of carbonyl (C=O) groups excluding carboxylic acids is 1. The van der Waals surface area contributed by atoms with Crippen molar-refractivity contribution in [3.63, 3.8) is 0 Å². The second kappa shape index (κ2) is 11.5. The van der Waals surface area contributed by atoms with Crippen LogP contribution in [0.2, 0.25) is 0 Å². The fraction of sp³-hybridized carbons (Fsp3) is 0.462. The summed E-state index contributed by atoms with van der Waals surface area (Å²) in [6.07, 6.45) is 4.31. The van der Waals surface area contributed by atoms with E-state index >= 15 is 0 Å². The van der Waals surface area contributed by atoms with Gasteiger partial charge in [-0.2, -0.15) is 0 Å². The number of aryl methyl sites for hydroxylation is 2. The highest BCUT2D eigenvalue weighted by Gasteiger charge is 2.10. The number of nitrogens with zero attached hydrogens (tertiary/aromatic N) is 2. The molecule has 1 amide bonds. The Labute approximate surface area is 185 Å². The van der Waals surface area contributed by atoms with E-state index in [-0.39, 0.29) is 5.91 Å². The molecule has 3 rings (SSSR count). The molecule has 0 aliphatic heterocycles. The Balaban J connectivity index is 1.55. The van der Waals surface area contributed by atoms with Gasteiger partial charge in [-0.15, -0.1) is 0 Å². The molecule has 0 bridgehead atoms. The number of carbonyl (C=O) groups is 1. The number of nitrogens with one attached hydrogen (secondary N) is 1. The lowest BCUT2D eigenvalue weighted by atomic mass is 9.99. The number of hydrogen-bond donors (Lipinski definition) is 1. The summed E-state index contributed by atoms with van der Waals surface area (Å²) >= 11 is 0. The van der Waals surface area contributed by atoms with Crippen LogP contribution in [0.3, 0.4) is 0 Å². The van der Waals surface area contributed by atoms with Crippen molar-refractivity contribution in [2.45, 2.75) is 65.3 Å². The van der Waals surface area contributed by atoms with Crippen LogP contribution in [0.4, 0.5) is 0 Å². The number of para-hydroxylation sites is 2. The van der Waals surface area contributed by atoms with Gasteiger partial charge in [0.25, 0.3) is 0 Å². The first kappa shape index (κ1) is 22.9. The Bertz CT molecular complexity index is 962. The van der Waals surface area contributed by atoms with Crippen molar-refractivity contribution >= 4 is 16.9 Å². The maximum absolute atomic E-state index is 11.4. The number of aromatic nitrogens is 2. The molecule has 1 unspecified atom stereocenters. The smallest absolute Gasteiger partial charge is 0.219 e. The number of fused-ring (bicyclic) bond motifs is 1. The number of imidazole rings is 1. The normalized spacial score (nSPS) is 12.1. The van der Waals surface area contributed by atoms with E-state index in [1.807, 2.05) is 13.0 Å². The van der Waals surface area contributed by atoms with Crippen LogP contribution in [0.15, 0.2) is 48.5 Å². The molecule has 0 spiro atoms. The zero-order valence-corrected chi connectivity index (χ0v) is 19.1. The zero-order chi connectivity index (χ0) is 22.1. The van der Waals surface area contributed by atoms with Gasteiger partial charge in [-0.1, -0.05) is 45.0 Å². The average molecular weight is 422 g/mol. The summed E-state index contributed by atoms with van der Waals surface area (Å²) < 4.78 is 8.28. The second-order valence-corrected chi connectivity index (χ2v) is 8.06. The van der Waals surface area contributed by atoms with Crippen molar-refractivity contribution in [1.82, 2.24) is 14.9 Å². The number of hydrogen-bond acceptors (Lipinski definition) is 3. The number of benzene rings is 2. The van der Waals surface area contributed by atoms with E-state index in [0.29, 0.717) is 25.5 Å². The highest BCUT2D eigenvalue weighted by molar-refractivity contribution is 5.76. The Morgan fingerprint density at radius 1 is 1.10 bits per heavy atom. The molecule has 0 aliphatic rings. The summed E-state index contributed by atoms with van der Waals surface area (Å²) in [4.78, 5) is 16.3. The van der Waals surface area contributed by atoms with Crippen LogP contribution in [0, 0.1) is 0 Å². The molecule has 0 saturated carbocycles. The largest absolute Gasteiger partial charge is 0.494 e. The van der Waals surface area contributed by atoms with Crippen molar-refractivity contribution in [1.29, 1.82) is 0 Å². The summed E-state index contributed by atoms with van der Waals surface area (Å²) in [5.41, 5.74) is 3.55. The monoisotopic (exact) mass is 421 g/mol. The predicted molar refractivity (Wildman–Crippen MR) is 127 cm³/mol. The average Bonchev–Trinajstić information content (AvgIpc) is 3.16. The van der Waals surface area contributed by atoms with Gasteiger partial charge in [0.15, 0.2) is 0 Å². The van der Waals surface area contributed by atoms with Crippen molar-refractivity contribution < 1.29 is 9.53 Å². The molecule has 5 heteroatoms. The van der Waals surface area contributed by atoms with Crippen LogP contribution in [0.5, 0.6) is 5.75 Å². The minimum Gasteiger partial charge on any atom is -0.494 e. The first-order chi connectivity index (χ1) is 15.1. The van der Waals surface area contributed by atoms with Gasteiger partial charge in [-0.05, 0) is 55.0 Å². The third kappa shape index (κ3) is 6.33. The van der Waals surface area contributed by atoms with E-state index in [1.165, 1.54) is 5.56 Å². The van der Waals surface area contributed by atoms with E-state index in [4.69, 9.17) is 9.72 Å². The van der Waals surface area contributed by atoms with E-state index in [0.717, 1.165) is 54.8 Å². The summed E-state index contributed by atoms with van der Waals surface area (Å²) in [6, 6.07) is 16.7. The van der Waals surface area contributed by atoms with Gasteiger partial charge in [0.05, 0.1) is 17.6 Å². The summed E-state index contributed by atoms with van der Waals surface area (Å²) in [7, 11) is 0. The van der Waals surface area contributed by atoms with Gasteiger partial charge >= 0.3 is 0 Å². The van der Waals surface area contributed by atoms with E-state index in [9.17, 15) is 4.79 Å². The Morgan fingerprint density at radius 2 is 1.87 bits per heavy atom. The van der Waals surface area contributed by atoms with Crippen LogP contribution < -0.4 is 10.1 Å². The van der Waals surface area contributed by atoms with Gasteiger partial charge in [0.2, 0.25) is 5.91 Å². The van der Waals surface area contributed by atoms with Crippen LogP contribution in [-0.2, 0) is 17.8 Å². The molecule has 0 saturated heterocycles. The van der Waals surface area contributed by atoms with Gasteiger partial charge in [-0.3, -0.25) is 4.79 Å². The molecule has 1 atom stereocenters. The van der Waals surface area contributed by atoms with E-state index in [1.54, 1.807) is 0 Å². The lowest BCUT2D eigenvalue weighted by Crippen LogP contribution is -2.23. The summed E-state index contributed by atoms with van der Waals surface area (Å²) in [5.74, 6) is 2.68. The van der Waals surface area contributed by atoms with E-state index < -0.39 is 0 Å². The van der Waals surface area contributed by atoms with Crippen molar-refractivity contribution in [3.05, 3.63) is 59.9 Å². The zero-order valence-electron chi connectivity index (χ0n) is 19.1. The topological polar surface area (TPSA) is 56.2 Å². The van der Waals surface area contributed by atoms with Gasteiger partial charge in [0.1, 0.15) is 11.6 Å². The molecular formula is C26H35N3O2. The molecule has 0 aliphatic carbocycles. The highest BCUT2D eigenvalue weighted by atomic mass is 16.5. The molecule has 166 valence electrons. The van der Waals surface area contributed by atoms with Gasteiger partial charge in [-0.25, -0.2) is 4.98 Å². The molecule has 3 aromatic rings. The number of amides is 1. The fourth-order valence-electron chi connectivity index (χ4n) is 3.71. The molecule has 2 aromatic carbocycles. The van der Waals surface area contributed by atoms with Crippen LogP contribution in [0.1, 0.15) is 63.8 Å². The molecule has 31 heavy (non-hydrogen) atoms. The lowest BCUT2D eigenvalue weighted by Gasteiger charge is -2.12. The summed E-state index contributed by atoms with van der Waals surface area (Å²) in [5, 5.41) is 2.94. The van der Waals surface area contributed by atoms with E-state index in [2.05, 4.69) is 66.2 Å². The van der Waals surface area contributed by atoms with Crippen LogP contribution in [-0.4, -0.2) is 28.6 Å². The highest BCUT2D eigenvalue weighted by Crippen LogP contribution is 2.22. The fourth-order valence-corrected chi connectivity index (χ4v) is 3.71. The first-order valence-corrected chi connectivity index (χ1v) is 11.6. The first-order valence-electron chi connectivity index (χ1n) is 11.6. The lowest BCUT2D eigenvalue weighted by molar-refractivity contribution is -0.120. The minimum absolute atomic E-state index is 0.0998. The second-order valence-electron chi connectivity index (χ2n) is 8.06. The summed E-state index contributed by atoms with van der Waals surface area (Å²) in [6.45, 7) is 8.55. The molecule has 0 fully saturated rings. The third-order valence-corrected chi connectivity index (χ3v) is 5.81. The molecule has 5 nitrogen and oxygen atoms in total. The molecule has 1 heterocycles. The van der Waals surface area contributed by atoms with Crippen molar-refractivity contribution in [2.75, 3.05) is 13.2 Å². The van der Waals surface area contributed by atoms with Gasteiger partial charge < -0.3 is 14.6 Å². The Kier molecular flexibility index (Phi) is 8.51. The standard InChI is InChI=1S/C26H35N3O2/c1-4-20(3)21-13-15-22(16-14-21)31-19-9-18-29-24-11-7-6-10-23(24)28-25(29)12-8-17-27-26(30)5-2/h6-7,10-11,13-16,20H,4-5,8-9,12,17-19H2,1-3H3,(H,27,30). The van der Waals surface area contributed by atoms with Gasteiger partial charge in [0, 0.05) is 25.9 Å². The van der Waals surface area contributed by atoms with Crippen LogP contribution >= 0.6 is 0 Å². The molecule has 1 aromatic heterocycles. The predicted octanol–water partition coefficient (Wildman–Crippen LogP) is 5.48. The minimum atomic E-state index is 0.0998. The Hall–Kier alpha value is -2.82. The molecule has 0 radical (unpaired) electrons. The maximum Gasteiger partial charge on any atom is 0.219 e.